The Morgan fingerprint density at radius 1 is 0.895 bits per heavy atom. The van der Waals surface area contributed by atoms with E-state index in [1.807, 2.05) is 0 Å². The number of hydrogen-bond acceptors (Lipinski definition) is 0. The van der Waals surface area contributed by atoms with Crippen molar-refractivity contribution in [1.82, 2.24) is 0 Å². The third-order valence-corrected chi connectivity index (χ3v) is 3.40. The van der Waals surface area contributed by atoms with Crippen molar-refractivity contribution >= 4 is 11.6 Å². The smallest absolute Gasteiger partial charge is 0.131 e. The minimum Gasteiger partial charge on any atom is -0.207 e. The van der Waals surface area contributed by atoms with Crippen molar-refractivity contribution in [1.29, 1.82) is 0 Å². The van der Waals surface area contributed by atoms with Crippen LogP contribution in [0.5, 0.6) is 0 Å². The van der Waals surface area contributed by atoms with Gasteiger partial charge in [-0.1, -0.05) is 6.07 Å². The third kappa shape index (κ3) is 2.92. The summed E-state index contributed by atoms with van der Waals surface area (Å²) in [4.78, 5) is 0. The molecule has 0 fully saturated rings. The van der Waals surface area contributed by atoms with Gasteiger partial charge in [-0.25, -0.2) is 13.2 Å². The molecule has 1 unspecified atom stereocenters. The van der Waals surface area contributed by atoms with Crippen LogP contribution in [0, 0.1) is 31.3 Å². The van der Waals surface area contributed by atoms with Gasteiger partial charge < -0.3 is 0 Å². The van der Waals surface area contributed by atoms with Crippen LogP contribution in [-0.4, -0.2) is 0 Å². The minimum absolute atomic E-state index is 0.144. The molecule has 0 bridgehead atoms. The molecule has 0 aromatic heterocycles. The number of rotatable bonds is 2. The summed E-state index contributed by atoms with van der Waals surface area (Å²) in [7, 11) is 0. The van der Waals surface area contributed by atoms with Crippen molar-refractivity contribution in [2.75, 3.05) is 0 Å². The first kappa shape index (κ1) is 13.9. The van der Waals surface area contributed by atoms with E-state index in [4.69, 9.17) is 11.6 Å². The molecule has 19 heavy (non-hydrogen) atoms. The van der Waals surface area contributed by atoms with E-state index in [0.717, 1.165) is 6.07 Å². The van der Waals surface area contributed by atoms with Crippen LogP contribution in [-0.2, 0) is 0 Å². The van der Waals surface area contributed by atoms with Gasteiger partial charge in [0.05, 0.1) is 5.38 Å². The lowest BCUT2D eigenvalue weighted by Gasteiger charge is -2.13. The summed E-state index contributed by atoms with van der Waals surface area (Å²) in [6.45, 7) is 3.25. The van der Waals surface area contributed by atoms with Gasteiger partial charge in [-0.05, 0) is 48.7 Å². The molecule has 0 saturated heterocycles. The monoisotopic (exact) mass is 284 g/mol. The van der Waals surface area contributed by atoms with Crippen LogP contribution in [0.3, 0.4) is 0 Å². The Morgan fingerprint density at radius 2 is 1.58 bits per heavy atom. The maximum Gasteiger partial charge on any atom is 0.131 e. The quantitative estimate of drug-likeness (QED) is 0.677. The molecule has 0 spiro atoms. The second-order valence-corrected chi connectivity index (χ2v) is 4.98. The van der Waals surface area contributed by atoms with Crippen LogP contribution in [0.2, 0.25) is 0 Å². The molecule has 2 aromatic rings. The lowest BCUT2D eigenvalue weighted by molar-refractivity contribution is 0.567. The molecule has 2 aromatic carbocycles. The first-order valence-electron chi connectivity index (χ1n) is 5.75. The Labute approximate surface area is 114 Å². The average molecular weight is 285 g/mol. The van der Waals surface area contributed by atoms with Crippen molar-refractivity contribution in [2.45, 2.75) is 19.2 Å². The fourth-order valence-corrected chi connectivity index (χ4v) is 2.26. The molecule has 4 heteroatoms. The molecule has 1 atom stereocenters. The highest BCUT2D eigenvalue weighted by atomic mass is 35.5. The highest BCUT2D eigenvalue weighted by Crippen LogP contribution is 2.32. The zero-order chi connectivity index (χ0) is 14.2. The molecule has 0 aliphatic rings. The first-order valence-corrected chi connectivity index (χ1v) is 6.19. The number of halogens is 4. The molecular formula is C15H12ClF3. The summed E-state index contributed by atoms with van der Waals surface area (Å²) >= 11 is 6.18. The summed E-state index contributed by atoms with van der Waals surface area (Å²) < 4.78 is 40.3. The molecule has 0 radical (unpaired) electrons. The van der Waals surface area contributed by atoms with E-state index in [0.29, 0.717) is 16.7 Å². The van der Waals surface area contributed by atoms with Crippen LogP contribution in [0.15, 0.2) is 30.3 Å². The van der Waals surface area contributed by atoms with Crippen molar-refractivity contribution in [3.05, 3.63) is 70.0 Å². The van der Waals surface area contributed by atoms with E-state index >= 15 is 0 Å². The number of benzene rings is 2. The lowest BCUT2D eigenvalue weighted by atomic mass is 10.00. The van der Waals surface area contributed by atoms with Crippen molar-refractivity contribution in [3.8, 4) is 0 Å². The summed E-state index contributed by atoms with van der Waals surface area (Å²) in [6, 6.07) is 6.44. The number of aryl methyl sites for hydroxylation is 2. The van der Waals surface area contributed by atoms with Crippen LogP contribution in [0.25, 0.3) is 0 Å². The summed E-state index contributed by atoms with van der Waals surface area (Å²) in [6.07, 6.45) is 0. The predicted octanol–water partition coefficient (Wildman–Crippen LogP) is 5.05. The fourth-order valence-electron chi connectivity index (χ4n) is 1.96. The molecule has 0 saturated carbocycles. The summed E-state index contributed by atoms with van der Waals surface area (Å²) in [5.41, 5.74) is 1.59. The van der Waals surface area contributed by atoms with Crippen LogP contribution < -0.4 is 0 Å². The highest BCUT2D eigenvalue weighted by molar-refractivity contribution is 6.22. The average Bonchev–Trinajstić information content (AvgIpc) is 2.31. The predicted molar refractivity (Wildman–Crippen MR) is 69.9 cm³/mol. The Bertz CT molecular complexity index is 603. The fraction of sp³-hybridized carbons (Fsp3) is 0.200. The van der Waals surface area contributed by atoms with Gasteiger partial charge in [0.15, 0.2) is 0 Å². The normalized spacial score (nSPS) is 12.5. The third-order valence-electron chi connectivity index (χ3n) is 2.91. The molecule has 100 valence electrons. The minimum atomic E-state index is -0.853. The number of alkyl halides is 1. The molecular weight excluding hydrogens is 273 g/mol. The van der Waals surface area contributed by atoms with Gasteiger partial charge in [0.25, 0.3) is 0 Å². The molecule has 0 nitrogen and oxygen atoms in total. The molecule has 0 aliphatic heterocycles. The number of hydrogen-bond donors (Lipinski definition) is 0. The van der Waals surface area contributed by atoms with Gasteiger partial charge in [0, 0.05) is 11.6 Å². The SMILES string of the molecule is Cc1cc(F)cc(C(Cl)c2cc(C)c(F)cc2F)c1. The maximum absolute atomic E-state index is 13.7. The first-order chi connectivity index (χ1) is 8.88. The van der Waals surface area contributed by atoms with E-state index in [1.165, 1.54) is 25.1 Å². The van der Waals surface area contributed by atoms with E-state index in [9.17, 15) is 13.2 Å². The molecule has 0 N–H and O–H groups in total. The van der Waals surface area contributed by atoms with Gasteiger partial charge in [0.2, 0.25) is 0 Å². The van der Waals surface area contributed by atoms with Gasteiger partial charge in [-0.2, -0.15) is 0 Å². The molecule has 0 aliphatic carbocycles. The Kier molecular flexibility index (Phi) is 3.85. The highest BCUT2D eigenvalue weighted by Gasteiger charge is 2.18. The lowest BCUT2D eigenvalue weighted by Crippen LogP contribution is -2.00. The second-order valence-electron chi connectivity index (χ2n) is 4.55. The standard InChI is InChI=1S/C15H12ClF3/c1-8-3-10(6-11(17)4-8)15(16)12-5-9(2)13(18)7-14(12)19/h3-7,15H,1-2H3. The van der Waals surface area contributed by atoms with Crippen molar-refractivity contribution in [2.24, 2.45) is 0 Å². The van der Waals surface area contributed by atoms with Crippen LogP contribution >= 0.6 is 11.6 Å². The van der Waals surface area contributed by atoms with E-state index in [1.54, 1.807) is 13.0 Å². The van der Waals surface area contributed by atoms with E-state index in [2.05, 4.69) is 0 Å². The van der Waals surface area contributed by atoms with E-state index < -0.39 is 22.8 Å². The Hall–Kier alpha value is -1.48. The summed E-state index contributed by atoms with van der Waals surface area (Å²) in [5, 5.41) is -0.853. The van der Waals surface area contributed by atoms with Gasteiger partial charge in [0.1, 0.15) is 17.5 Å². The summed E-state index contributed by atoms with van der Waals surface area (Å²) in [5.74, 6) is -1.79. The molecule has 2 rings (SSSR count). The van der Waals surface area contributed by atoms with Gasteiger partial charge >= 0.3 is 0 Å². The van der Waals surface area contributed by atoms with Crippen molar-refractivity contribution in [3.63, 3.8) is 0 Å². The zero-order valence-corrected chi connectivity index (χ0v) is 11.2. The van der Waals surface area contributed by atoms with E-state index in [-0.39, 0.29) is 5.56 Å². The molecule has 0 amide bonds. The van der Waals surface area contributed by atoms with Crippen LogP contribution in [0.1, 0.15) is 27.6 Å². The Balaban J connectivity index is 2.49. The topological polar surface area (TPSA) is 0 Å². The van der Waals surface area contributed by atoms with Crippen molar-refractivity contribution < 1.29 is 13.2 Å². The maximum atomic E-state index is 13.7. The molecule has 0 heterocycles. The van der Waals surface area contributed by atoms with Gasteiger partial charge in [-0.15, -0.1) is 11.6 Å². The second kappa shape index (κ2) is 5.25. The van der Waals surface area contributed by atoms with Crippen LogP contribution in [0.4, 0.5) is 13.2 Å². The van der Waals surface area contributed by atoms with Gasteiger partial charge in [-0.3, -0.25) is 0 Å². The Morgan fingerprint density at radius 3 is 2.21 bits per heavy atom. The largest absolute Gasteiger partial charge is 0.207 e. The zero-order valence-electron chi connectivity index (χ0n) is 10.5.